The summed E-state index contributed by atoms with van der Waals surface area (Å²) in [5.74, 6) is 0.359. The molecule has 0 spiro atoms. The van der Waals surface area contributed by atoms with Gasteiger partial charge in [0, 0.05) is 41.0 Å². The lowest BCUT2D eigenvalue weighted by molar-refractivity contribution is 0.0935. The number of halogens is 1. The molecule has 0 heterocycles. The number of hydrogen-bond donors (Lipinski definition) is 2. The van der Waals surface area contributed by atoms with Crippen molar-refractivity contribution in [3.63, 3.8) is 0 Å². The van der Waals surface area contributed by atoms with Crippen LogP contribution in [0, 0.1) is 0 Å². The van der Waals surface area contributed by atoms with Gasteiger partial charge in [-0.25, -0.2) is 0 Å². The van der Waals surface area contributed by atoms with Gasteiger partial charge < -0.3 is 11.1 Å². The van der Waals surface area contributed by atoms with Crippen LogP contribution in [0.3, 0.4) is 0 Å². The Kier molecular flexibility index (Phi) is 10.3. The molecule has 2 unspecified atom stereocenters. The Labute approximate surface area is 135 Å². The molecule has 1 aromatic rings. The van der Waals surface area contributed by atoms with E-state index in [-0.39, 0.29) is 24.4 Å². The number of carbonyl (C=O) groups is 1. The molecule has 21 heavy (non-hydrogen) atoms. The number of nitrogens with one attached hydrogen (secondary N) is 1. The molecule has 0 aliphatic carbocycles. The number of carbonyl (C=O) groups excluding carboxylic acids is 1. The summed E-state index contributed by atoms with van der Waals surface area (Å²) >= 11 is 0. The molecular weight excluding hydrogens is 308 g/mol. The zero-order valence-corrected chi connectivity index (χ0v) is 14.3. The Morgan fingerprint density at radius 1 is 1.43 bits per heavy atom. The number of unbranched alkanes of at least 4 members (excludes halogenated alkanes) is 1. The van der Waals surface area contributed by atoms with Gasteiger partial charge in [-0.3, -0.25) is 9.00 Å². The summed E-state index contributed by atoms with van der Waals surface area (Å²) in [5.41, 5.74) is 7.19. The van der Waals surface area contributed by atoms with Gasteiger partial charge in [-0.15, -0.1) is 12.4 Å². The summed E-state index contributed by atoms with van der Waals surface area (Å²) < 4.78 is 11.2. The largest absolute Gasteiger partial charge is 0.348 e. The van der Waals surface area contributed by atoms with Crippen molar-refractivity contribution in [3.05, 3.63) is 35.4 Å². The Morgan fingerprint density at radius 2 is 2.14 bits per heavy atom. The van der Waals surface area contributed by atoms with Crippen molar-refractivity contribution in [1.29, 1.82) is 0 Å². The first-order valence-electron chi connectivity index (χ1n) is 6.96. The third-order valence-corrected chi connectivity index (χ3v) is 3.82. The number of benzene rings is 1. The molecule has 6 heteroatoms. The molecule has 0 aromatic heterocycles. The first kappa shape index (κ1) is 20.1. The quantitative estimate of drug-likeness (QED) is 0.766. The predicted molar refractivity (Wildman–Crippen MR) is 91.3 cm³/mol. The molecule has 0 bridgehead atoms. The highest BCUT2D eigenvalue weighted by Gasteiger charge is 2.12. The Bertz CT molecular complexity index is 469. The average molecular weight is 333 g/mol. The summed E-state index contributed by atoms with van der Waals surface area (Å²) in [6, 6.07) is 7.29. The Balaban J connectivity index is 0.00000400. The van der Waals surface area contributed by atoms with Crippen LogP contribution in [0.15, 0.2) is 24.3 Å². The monoisotopic (exact) mass is 332 g/mol. The fourth-order valence-electron chi connectivity index (χ4n) is 2.01. The van der Waals surface area contributed by atoms with Gasteiger partial charge in [0.1, 0.15) is 0 Å². The minimum atomic E-state index is -0.906. The molecule has 120 valence electrons. The first-order chi connectivity index (χ1) is 9.56. The highest BCUT2D eigenvalue weighted by Crippen LogP contribution is 2.08. The van der Waals surface area contributed by atoms with Crippen molar-refractivity contribution in [3.8, 4) is 0 Å². The smallest absolute Gasteiger partial charge is 0.251 e. The SMILES string of the molecule is CCCCC(CN)NC(=O)c1cccc(CS(C)=O)c1.Cl. The van der Waals surface area contributed by atoms with Crippen LogP contribution in [-0.2, 0) is 16.6 Å². The summed E-state index contributed by atoms with van der Waals surface area (Å²) in [5, 5.41) is 2.96. The van der Waals surface area contributed by atoms with Crippen molar-refractivity contribution < 1.29 is 9.00 Å². The highest BCUT2D eigenvalue weighted by molar-refractivity contribution is 7.83. The number of rotatable bonds is 8. The molecule has 2 atom stereocenters. The zero-order chi connectivity index (χ0) is 15.0. The summed E-state index contributed by atoms with van der Waals surface area (Å²) in [6.45, 7) is 2.56. The molecule has 0 radical (unpaired) electrons. The lowest BCUT2D eigenvalue weighted by Crippen LogP contribution is -2.40. The van der Waals surface area contributed by atoms with E-state index in [1.165, 1.54) is 0 Å². The van der Waals surface area contributed by atoms with Crippen molar-refractivity contribution in [1.82, 2.24) is 5.32 Å². The van der Waals surface area contributed by atoms with Gasteiger partial charge in [0.05, 0.1) is 0 Å². The van der Waals surface area contributed by atoms with E-state index in [0.29, 0.717) is 17.9 Å². The minimum absolute atomic E-state index is 0. The predicted octanol–water partition coefficient (Wildman–Crippen LogP) is 2.23. The second-order valence-corrected chi connectivity index (χ2v) is 6.40. The summed E-state index contributed by atoms with van der Waals surface area (Å²) in [7, 11) is -0.906. The number of amides is 1. The lowest BCUT2D eigenvalue weighted by atomic mass is 10.1. The maximum Gasteiger partial charge on any atom is 0.251 e. The molecule has 0 saturated carbocycles. The molecule has 0 aliphatic rings. The van der Waals surface area contributed by atoms with Crippen LogP contribution in [0.25, 0.3) is 0 Å². The van der Waals surface area contributed by atoms with E-state index in [1.54, 1.807) is 18.4 Å². The van der Waals surface area contributed by atoms with Crippen LogP contribution in [0.5, 0.6) is 0 Å². The van der Waals surface area contributed by atoms with E-state index in [9.17, 15) is 9.00 Å². The van der Waals surface area contributed by atoms with Gasteiger partial charge >= 0.3 is 0 Å². The third kappa shape index (κ3) is 7.60. The fraction of sp³-hybridized carbons (Fsp3) is 0.533. The topological polar surface area (TPSA) is 72.2 Å². The molecule has 3 N–H and O–H groups in total. The zero-order valence-electron chi connectivity index (χ0n) is 12.6. The van der Waals surface area contributed by atoms with E-state index < -0.39 is 10.8 Å². The van der Waals surface area contributed by atoms with Crippen LogP contribution >= 0.6 is 12.4 Å². The van der Waals surface area contributed by atoms with E-state index in [0.717, 1.165) is 24.8 Å². The van der Waals surface area contributed by atoms with Crippen molar-refractivity contribution in [2.75, 3.05) is 12.8 Å². The van der Waals surface area contributed by atoms with Crippen LogP contribution in [0.2, 0.25) is 0 Å². The second kappa shape index (κ2) is 10.8. The van der Waals surface area contributed by atoms with E-state index in [4.69, 9.17) is 5.73 Å². The molecular formula is C15H25ClN2O2S. The highest BCUT2D eigenvalue weighted by atomic mass is 35.5. The average Bonchev–Trinajstić information content (AvgIpc) is 2.42. The normalized spacial score (nSPS) is 13.1. The van der Waals surface area contributed by atoms with Crippen LogP contribution in [0.1, 0.15) is 42.1 Å². The standard InChI is InChI=1S/C15H24N2O2S.ClH/c1-3-4-8-14(10-16)17-15(18)13-7-5-6-12(9-13)11-20(2)19;/h5-7,9,14H,3-4,8,10-11,16H2,1-2H3,(H,17,18);1H. The third-order valence-electron chi connectivity index (χ3n) is 3.08. The molecule has 0 saturated heterocycles. The molecule has 1 rings (SSSR count). The summed E-state index contributed by atoms with van der Waals surface area (Å²) in [6.07, 6.45) is 4.69. The Morgan fingerprint density at radius 3 is 2.71 bits per heavy atom. The van der Waals surface area contributed by atoms with Gasteiger partial charge in [0.25, 0.3) is 5.91 Å². The maximum atomic E-state index is 12.2. The molecule has 0 aliphatic heterocycles. The van der Waals surface area contributed by atoms with Gasteiger partial charge in [-0.2, -0.15) is 0 Å². The maximum absolute atomic E-state index is 12.2. The second-order valence-electron chi connectivity index (χ2n) is 4.97. The molecule has 1 amide bonds. The van der Waals surface area contributed by atoms with E-state index in [1.807, 2.05) is 12.1 Å². The number of hydrogen-bond acceptors (Lipinski definition) is 3. The summed E-state index contributed by atoms with van der Waals surface area (Å²) in [4.78, 5) is 12.2. The Hall–Kier alpha value is -0.910. The van der Waals surface area contributed by atoms with Crippen LogP contribution in [0.4, 0.5) is 0 Å². The van der Waals surface area contributed by atoms with Crippen LogP contribution in [-0.4, -0.2) is 29.0 Å². The van der Waals surface area contributed by atoms with Gasteiger partial charge in [-0.05, 0) is 24.1 Å². The van der Waals surface area contributed by atoms with Crippen molar-refractivity contribution in [2.45, 2.75) is 38.0 Å². The van der Waals surface area contributed by atoms with Crippen molar-refractivity contribution >= 4 is 29.1 Å². The fourth-order valence-corrected chi connectivity index (χ4v) is 2.65. The van der Waals surface area contributed by atoms with Crippen molar-refractivity contribution in [2.24, 2.45) is 5.73 Å². The molecule has 1 aromatic carbocycles. The van der Waals surface area contributed by atoms with Gasteiger partial charge in [0.2, 0.25) is 0 Å². The first-order valence-corrected chi connectivity index (χ1v) is 8.69. The van der Waals surface area contributed by atoms with Crippen LogP contribution < -0.4 is 11.1 Å². The van der Waals surface area contributed by atoms with Gasteiger partial charge in [0.15, 0.2) is 0 Å². The molecule has 4 nitrogen and oxygen atoms in total. The number of nitrogens with two attached hydrogens (primary N) is 1. The van der Waals surface area contributed by atoms with E-state index in [2.05, 4.69) is 12.2 Å². The van der Waals surface area contributed by atoms with Gasteiger partial charge in [-0.1, -0.05) is 31.9 Å². The lowest BCUT2D eigenvalue weighted by Gasteiger charge is -2.16. The molecule has 0 fully saturated rings. The van der Waals surface area contributed by atoms with E-state index >= 15 is 0 Å². The minimum Gasteiger partial charge on any atom is -0.348 e.